The molecule has 2 atom stereocenters. The molecular formula is C12H17N3O4. The minimum atomic E-state index is -1.06. The zero-order valence-electron chi connectivity index (χ0n) is 10.9. The SMILES string of the molecule is CC1CN(C(=O)/C(C#N)=C\NCC(=O)O)CC(C)O1. The molecule has 1 saturated heterocycles. The maximum atomic E-state index is 12.1. The summed E-state index contributed by atoms with van der Waals surface area (Å²) in [6, 6.07) is 1.78. The minimum Gasteiger partial charge on any atom is -0.480 e. The summed E-state index contributed by atoms with van der Waals surface area (Å²) in [4.78, 5) is 24.0. The second-order valence-electron chi connectivity index (χ2n) is 4.41. The summed E-state index contributed by atoms with van der Waals surface area (Å²) in [5.74, 6) is -1.48. The highest BCUT2D eigenvalue weighted by Gasteiger charge is 2.27. The maximum absolute atomic E-state index is 12.1. The van der Waals surface area contributed by atoms with Crippen LogP contribution in [-0.2, 0) is 14.3 Å². The van der Waals surface area contributed by atoms with Crippen LogP contribution in [0.15, 0.2) is 11.8 Å². The smallest absolute Gasteiger partial charge is 0.322 e. The van der Waals surface area contributed by atoms with Crippen molar-refractivity contribution >= 4 is 11.9 Å². The third-order valence-electron chi connectivity index (χ3n) is 2.56. The summed E-state index contributed by atoms with van der Waals surface area (Å²) in [6.07, 6.45) is 0.973. The van der Waals surface area contributed by atoms with E-state index in [1.807, 2.05) is 13.8 Å². The third-order valence-corrected chi connectivity index (χ3v) is 2.56. The lowest BCUT2D eigenvalue weighted by atomic mass is 10.2. The fraction of sp³-hybridized carbons (Fsp3) is 0.583. The molecule has 1 amide bonds. The Bertz CT molecular complexity index is 417. The Kier molecular flexibility index (Phi) is 5.33. The van der Waals surface area contributed by atoms with E-state index in [9.17, 15) is 9.59 Å². The second-order valence-corrected chi connectivity index (χ2v) is 4.41. The lowest BCUT2D eigenvalue weighted by Gasteiger charge is -2.35. The number of ether oxygens (including phenoxy) is 1. The Morgan fingerprint density at radius 1 is 1.47 bits per heavy atom. The average Bonchev–Trinajstić information content (AvgIpc) is 2.32. The Morgan fingerprint density at radius 2 is 2.05 bits per heavy atom. The van der Waals surface area contributed by atoms with E-state index in [-0.39, 0.29) is 24.3 Å². The van der Waals surface area contributed by atoms with Gasteiger partial charge in [0.2, 0.25) is 0 Å². The topological polar surface area (TPSA) is 103 Å². The number of rotatable bonds is 4. The zero-order valence-corrected chi connectivity index (χ0v) is 10.9. The molecule has 0 aromatic heterocycles. The molecule has 0 aliphatic carbocycles. The number of aliphatic carboxylic acids is 1. The molecule has 0 saturated carbocycles. The molecule has 1 fully saturated rings. The van der Waals surface area contributed by atoms with Gasteiger partial charge < -0.3 is 20.1 Å². The molecule has 7 nitrogen and oxygen atoms in total. The highest BCUT2D eigenvalue weighted by molar-refractivity contribution is 5.97. The number of nitrogens with zero attached hydrogens (tertiary/aromatic N) is 2. The Labute approximate surface area is 111 Å². The molecule has 19 heavy (non-hydrogen) atoms. The maximum Gasteiger partial charge on any atom is 0.322 e. The molecule has 1 heterocycles. The van der Waals surface area contributed by atoms with Gasteiger partial charge in [-0.1, -0.05) is 0 Å². The first-order chi connectivity index (χ1) is 8.93. The van der Waals surface area contributed by atoms with Gasteiger partial charge in [-0.05, 0) is 13.8 Å². The van der Waals surface area contributed by atoms with Gasteiger partial charge in [-0.15, -0.1) is 0 Å². The molecule has 0 radical (unpaired) electrons. The molecule has 7 heteroatoms. The van der Waals surface area contributed by atoms with Crippen LogP contribution in [0.2, 0.25) is 0 Å². The molecule has 1 rings (SSSR count). The Balaban J connectivity index is 2.68. The van der Waals surface area contributed by atoms with Crippen molar-refractivity contribution in [3.05, 3.63) is 11.8 Å². The standard InChI is InChI=1S/C12H17N3O4/c1-8-6-15(7-9(2)19-8)12(18)10(3-13)4-14-5-11(16)17/h4,8-9,14H,5-7H2,1-2H3,(H,16,17)/b10-4-. The highest BCUT2D eigenvalue weighted by atomic mass is 16.5. The van der Waals surface area contributed by atoms with E-state index in [1.165, 1.54) is 4.90 Å². The predicted molar refractivity (Wildman–Crippen MR) is 65.9 cm³/mol. The molecule has 2 unspecified atom stereocenters. The molecule has 104 valence electrons. The van der Waals surface area contributed by atoms with Crippen LogP contribution in [0.3, 0.4) is 0 Å². The third kappa shape index (κ3) is 4.60. The van der Waals surface area contributed by atoms with E-state index >= 15 is 0 Å². The Morgan fingerprint density at radius 3 is 2.53 bits per heavy atom. The van der Waals surface area contributed by atoms with Crippen LogP contribution in [0.25, 0.3) is 0 Å². The van der Waals surface area contributed by atoms with Gasteiger partial charge in [0.25, 0.3) is 5.91 Å². The summed E-state index contributed by atoms with van der Waals surface area (Å²) in [6.45, 7) is 4.21. The van der Waals surface area contributed by atoms with Gasteiger partial charge in [0.05, 0.1) is 12.2 Å². The van der Waals surface area contributed by atoms with Gasteiger partial charge in [0.15, 0.2) is 0 Å². The summed E-state index contributed by atoms with van der Waals surface area (Å²) in [7, 11) is 0. The van der Waals surface area contributed by atoms with E-state index in [4.69, 9.17) is 15.1 Å². The van der Waals surface area contributed by atoms with E-state index in [1.54, 1.807) is 6.07 Å². The number of hydrogen-bond donors (Lipinski definition) is 2. The van der Waals surface area contributed by atoms with Gasteiger partial charge >= 0.3 is 5.97 Å². The number of carboxylic acids is 1. The van der Waals surface area contributed by atoms with E-state index in [0.717, 1.165) is 6.20 Å². The zero-order chi connectivity index (χ0) is 14.4. The van der Waals surface area contributed by atoms with E-state index in [2.05, 4.69) is 5.32 Å². The highest BCUT2D eigenvalue weighted by Crippen LogP contribution is 2.13. The molecule has 0 aromatic carbocycles. The fourth-order valence-electron chi connectivity index (χ4n) is 1.90. The summed E-state index contributed by atoms with van der Waals surface area (Å²) >= 11 is 0. The molecule has 1 aliphatic heterocycles. The van der Waals surface area contributed by atoms with Crippen LogP contribution in [0, 0.1) is 11.3 Å². The van der Waals surface area contributed by atoms with Crippen LogP contribution in [-0.4, -0.2) is 53.7 Å². The fourth-order valence-corrected chi connectivity index (χ4v) is 1.90. The van der Waals surface area contributed by atoms with Gasteiger partial charge in [-0.3, -0.25) is 9.59 Å². The number of amides is 1. The molecule has 1 aliphatic rings. The van der Waals surface area contributed by atoms with E-state index in [0.29, 0.717) is 13.1 Å². The van der Waals surface area contributed by atoms with Gasteiger partial charge in [0.1, 0.15) is 18.2 Å². The largest absolute Gasteiger partial charge is 0.480 e. The number of morpholine rings is 1. The lowest BCUT2D eigenvalue weighted by Crippen LogP contribution is -2.48. The van der Waals surface area contributed by atoms with Crippen molar-refractivity contribution < 1.29 is 19.4 Å². The van der Waals surface area contributed by atoms with Gasteiger partial charge in [-0.2, -0.15) is 5.26 Å². The van der Waals surface area contributed by atoms with Crippen LogP contribution < -0.4 is 5.32 Å². The van der Waals surface area contributed by atoms with Crippen molar-refractivity contribution in [2.75, 3.05) is 19.6 Å². The van der Waals surface area contributed by atoms with E-state index < -0.39 is 11.9 Å². The van der Waals surface area contributed by atoms with Crippen molar-refractivity contribution in [1.29, 1.82) is 5.26 Å². The Hall–Kier alpha value is -2.07. The van der Waals surface area contributed by atoms with Crippen molar-refractivity contribution in [3.8, 4) is 6.07 Å². The molecule has 0 aromatic rings. The van der Waals surface area contributed by atoms with Crippen molar-refractivity contribution in [3.63, 3.8) is 0 Å². The number of carboxylic acid groups (broad SMARTS) is 1. The van der Waals surface area contributed by atoms with Crippen LogP contribution in [0.4, 0.5) is 0 Å². The van der Waals surface area contributed by atoms with Crippen molar-refractivity contribution in [1.82, 2.24) is 10.2 Å². The summed E-state index contributed by atoms with van der Waals surface area (Å²) in [5, 5.41) is 19.8. The number of nitriles is 1. The van der Waals surface area contributed by atoms with Gasteiger partial charge in [0, 0.05) is 19.3 Å². The van der Waals surface area contributed by atoms with Crippen LogP contribution in [0.5, 0.6) is 0 Å². The van der Waals surface area contributed by atoms with Crippen molar-refractivity contribution in [2.24, 2.45) is 0 Å². The first-order valence-electron chi connectivity index (χ1n) is 5.94. The predicted octanol–water partition coefficient (Wildman–Crippen LogP) is -0.296. The molecular weight excluding hydrogens is 250 g/mol. The first kappa shape index (κ1) is 15.0. The normalized spacial score (nSPS) is 23.6. The summed E-state index contributed by atoms with van der Waals surface area (Å²) < 4.78 is 5.50. The first-order valence-corrected chi connectivity index (χ1v) is 5.94. The quantitative estimate of drug-likeness (QED) is 0.535. The molecule has 2 N–H and O–H groups in total. The lowest BCUT2D eigenvalue weighted by molar-refractivity contribution is -0.139. The number of carbonyl (C=O) groups is 2. The minimum absolute atomic E-state index is 0.0837. The molecule has 0 spiro atoms. The average molecular weight is 267 g/mol. The van der Waals surface area contributed by atoms with Crippen LogP contribution in [0.1, 0.15) is 13.8 Å². The monoisotopic (exact) mass is 267 g/mol. The summed E-state index contributed by atoms with van der Waals surface area (Å²) in [5.41, 5.74) is -0.109. The second kappa shape index (κ2) is 6.75. The van der Waals surface area contributed by atoms with Gasteiger partial charge in [-0.25, -0.2) is 0 Å². The van der Waals surface area contributed by atoms with Crippen LogP contribution >= 0.6 is 0 Å². The molecule has 0 bridgehead atoms. The van der Waals surface area contributed by atoms with Crippen molar-refractivity contribution in [2.45, 2.75) is 26.1 Å². The number of carbonyl (C=O) groups excluding carboxylic acids is 1. The number of hydrogen-bond acceptors (Lipinski definition) is 5. The number of nitrogens with one attached hydrogen (secondary N) is 1.